The summed E-state index contributed by atoms with van der Waals surface area (Å²) in [5.74, 6) is 1.10. The number of piperidine rings is 1. The number of rotatable bonds is 2. The molecule has 3 nitrogen and oxygen atoms in total. The van der Waals surface area contributed by atoms with E-state index in [0.717, 1.165) is 25.9 Å². The van der Waals surface area contributed by atoms with E-state index in [0.29, 0.717) is 12.0 Å². The second-order valence-corrected chi connectivity index (χ2v) is 5.83. The van der Waals surface area contributed by atoms with Crippen molar-refractivity contribution in [2.75, 3.05) is 13.1 Å². The highest BCUT2D eigenvalue weighted by Gasteiger charge is 2.50. The summed E-state index contributed by atoms with van der Waals surface area (Å²) in [6, 6.07) is 0.384. The van der Waals surface area contributed by atoms with Gasteiger partial charge in [-0.05, 0) is 37.3 Å². The van der Waals surface area contributed by atoms with Gasteiger partial charge in [-0.3, -0.25) is 4.79 Å². The molecular formula is C12H23ClN2O. The molecule has 3 unspecified atom stereocenters. The summed E-state index contributed by atoms with van der Waals surface area (Å²) in [7, 11) is 0. The van der Waals surface area contributed by atoms with Gasteiger partial charge in [0.05, 0.1) is 0 Å². The van der Waals surface area contributed by atoms with Crippen molar-refractivity contribution >= 4 is 18.3 Å². The van der Waals surface area contributed by atoms with Crippen LogP contribution in [0.3, 0.4) is 0 Å². The van der Waals surface area contributed by atoms with E-state index in [4.69, 9.17) is 0 Å². The van der Waals surface area contributed by atoms with E-state index < -0.39 is 0 Å². The van der Waals surface area contributed by atoms with Gasteiger partial charge in [-0.15, -0.1) is 12.4 Å². The van der Waals surface area contributed by atoms with Crippen LogP contribution in [-0.4, -0.2) is 25.0 Å². The predicted molar refractivity (Wildman–Crippen MR) is 67.7 cm³/mol. The average Bonchev–Trinajstić information content (AvgIpc) is 2.79. The molecule has 94 valence electrons. The van der Waals surface area contributed by atoms with Crippen LogP contribution in [0.1, 0.15) is 33.6 Å². The second kappa shape index (κ2) is 4.92. The van der Waals surface area contributed by atoms with Crippen LogP contribution in [0.5, 0.6) is 0 Å². The molecule has 0 aromatic rings. The monoisotopic (exact) mass is 246 g/mol. The molecule has 1 heterocycles. The smallest absolute Gasteiger partial charge is 0.223 e. The van der Waals surface area contributed by atoms with Gasteiger partial charge in [-0.25, -0.2) is 0 Å². The Balaban J connectivity index is 0.00000128. The van der Waals surface area contributed by atoms with Gasteiger partial charge in [0, 0.05) is 12.0 Å². The highest BCUT2D eigenvalue weighted by atomic mass is 35.5. The summed E-state index contributed by atoms with van der Waals surface area (Å²) in [5, 5.41) is 6.55. The van der Waals surface area contributed by atoms with Crippen LogP contribution in [0.25, 0.3) is 0 Å². The van der Waals surface area contributed by atoms with Crippen molar-refractivity contribution in [3.05, 3.63) is 0 Å². The third kappa shape index (κ3) is 2.89. The summed E-state index contributed by atoms with van der Waals surface area (Å²) >= 11 is 0. The normalized spacial score (nSPS) is 36.1. The third-order valence-corrected chi connectivity index (χ3v) is 3.94. The fourth-order valence-electron chi connectivity index (χ4n) is 2.43. The van der Waals surface area contributed by atoms with Crippen LogP contribution in [-0.2, 0) is 4.79 Å². The van der Waals surface area contributed by atoms with E-state index in [1.807, 2.05) is 0 Å². The van der Waals surface area contributed by atoms with Crippen molar-refractivity contribution < 1.29 is 4.79 Å². The van der Waals surface area contributed by atoms with Crippen LogP contribution in [0.2, 0.25) is 0 Å². The number of hydrogen-bond donors (Lipinski definition) is 2. The molecule has 16 heavy (non-hydrogen) atoms. The zero-order valence-corrected chi connectivity index (χ0v) is 11.2. The summed E-state index contributed by atoms with van der Waals surface area (Å²) < 4.78 is 0. The lowest BCUT2D eigenvalue weighted by Crippen LogP contribution is -2.49. The van der Waals surface area contributed by atoms with E-state index in [-0.39, 0.29) is 29.6 Å². The molecule has 2 aliphatic rings. The fourth-order valence-corrected chi connectivity index (χ4v) is 2.43. The molecule has 1 saturated heterocycles. The molecule has 0 radical (unpaired) electrons. The molecular weight excluding hydrogens is 224 g/mol. The van der Waals surface area contributed by atoms with Crippen LogP contribution in [0.4, 0.5) is 0 Å². The number of hydrogen-bond acceptors (Lipinski definition) is 2. The molecule has 1 saturated carbocycles. The molecule has 2 rings (SSSR count). The number of amides is 1. The van der Waals surface area contributed by atoms with E-state index in [1.54, 1.807) is 0 Å². The van der Waals surface area contributed by atoms with Crippen LogP contribution in [0, 0.1) is 17.3 Å². The topological polar surface area (TPSA) is 41.1 Å². The molecule has 0 bridgehead atoms. The molecule has 4 heteroatoms. The maximum Gasteiger partial charge on any atom is 0.223 e. The maximum atomic E-state index is 11.9. The average molecular weight is 247 g/mol. The fraction of sp³-hybridized carbons (Fsp3) is 0.917. The molecule has 2 N–H and O–H groups in total. The lowest BCUT2D eigenvalue weighted by atomic mass is 9.95. The highest BCUT2D eigenvalue weighted by Crippen LogP contribution is 2.51. The molecule has 0 aromatic heterocycles. The quantitative estimate of drug-likeness (QED) is 0.777. The summed E-state index contributed by atoms with van der Waals surface area (Å²) in [4.78, 5) is 11.9. The minimum absolute atomic E-state index is 0. The first-order chi connectivity index (χ1) is 7.00. The van der Waals surface area contributed by atoms with Crippen molar-refractivity contribution in [2.45, 2.75) is 39.7 Å². The standard InChI is InChI=1S/C12H22N2O.ClH/c1-8-7-13-5-4-10(8)14-11(15)9-6-12(9,2)3;/h8-10,13H,4-7H2,1-3H3,(H,14,15);1H. The summed E-state index contributed by atoms with van der Waals surface area (Å²) in [6.07, 6.45) is 2.12. The Morgan fingerprint density at radius 1 is 1.44 bits per heavy atom. The number of halogens is 1. The first-order valence-electron chi connectivity index (χ1n) is 6.02. The molecule has 0 aromatic carbocycles. The van der Waals surface area contributed by atoms with E-state index in [1.165, 1.54) is 0 Å². The van der Waals surface area contributed by atoms with Crippen LogP contribution >= 0.6 is 12.4 Å². The lowest BCUT2D eigenvalue weighted by molar-refractivity contribution is -0.124. The highest BCUT2D eigenvalue weighted by molar-refractivity contribution is 5.85. The van der Waals surface area contributed by atoms with Gasteiger partial charge in [0.2, 0.25) is 5.91 Å². The first-order valence-corrected chi connectivity index (χ1v) is 6.02. The van der Waals surface area contributed by atoms with Gasteiger partial charge >= 0.3 is 0 Å². The minimum atomic E-state index is 0. The predicted octanol–water partition coefficient (Wildman–Crippen LogP) is 1.57. The van der Waals surface area contributed by atoms with Gasteiger partial charge in [-0.2, -0.15) is 0 Å². The number of carbonyl (C=O) groups is 1. The van der Waals surface area contributed by atoms with Crippen molar-refractivity contribution in [2.24, 2.45) is 17.3 Å². The van der Waals surface area contributed by atoms with Crippen molar-refractivity contribution in [1.82, 2.24) is 10.6 Å². The lowest BCUT2D eigenvalue weighted by Gasteiger charge is -2.30. The number of nitrogens with one attached hydrogen (secondary N) is 2. The second-order valence-electron chi connectivity index (χ2n) is 5.83. The van der Waals surface area contributed by atoms with E-state index in [9.17, 15) is 4.79 Å². The zero-order valence-electron chi connectivity index (χ0n) is 10.4. The molecule has 1 amide bonds. The maximum absolute atomic E-state index is 11.9. The Kier molecular flexibility index (Phi) is 4.24. The van der Waals surface area contributed by atoms with Crippen molar-refractivity contribution in [3.8, 4) is 0 Å². The van der Waals surface area contributed by atoms with Gasteiger partial charge in [0.15, 0.2) is 0 Å². The molecule has 1 aliphatic heterocycles. The molecule has 1 aliphatic carbocycles. The van der Waals surface area contributed by atoms with Crippen LogP contribution < -0.4 is 10.6 Å². The molecule has 0 spiro atoms. The Hall–Kier alpha value is -0.280. The Morgan fingerprint density at radius 2 is 2.06 bits per heavy atom. The zero-order chi connectivity index (χ0) is 11.1. The van der Waals surface area contributed by atoms with Gasteiger partial charge < -0.3 is 10.6 Å². The summed E-state index contributed by atoms with van der Waals surface area (Å²) in [5.41, 5.74) is 0.250. The largest absolute Gasteiger partial charge is 0.353 e. The van der Waals surface area contributed by atoms with Gasteiger partial charge in [0.1, 0.15) is 0 Å². The Labute approximate surface area is 104 Å². The Bertz CT molecular complexity index is 268. The van der Waals surface area contributed by atoms with Gasteiger partial charge in [0.25, 0.3) is 0 Å². The minimum Gasteiger partial charge on any atom is -0.353 e. The van der Waals surface area contributed by atoms with Gasteiger partial charge in [-0.1, -0.05) is 20.8 Å². The molecule has 2 fully saturated rings. The van der Waals surface area contributed by atoms with E-state index in [2.05, 4.69) is 31.4 Å². The Morgan fingerprint density at radius 3 is 2.56 bits per heavy atom. The molecule has 3 atom stereocenters. The van der Waals surface area contributed by atoms with Crippen molar-refractivity contribution in [1.29, 1.82) is 0 Å². The SMILES string of the molecule is CC1CNCCC1NC(=O)C1CC1(C)C.Cl. The third-order valence-electron chi connectivity index (χ3n) is 3.94. The van der Waals surface area contributed by atoms with Crippen molar-refractivity contribution in [3.63, 3.8) is 0 Å². The number of carbonyl (C=O) groups excluding carboxylic acids is 1. The van der Waals surface area contributed by atoms with Crippen LogP contribution in [0.15, 0.2) is 0 Å². The van der Waals surface area contributed by atoms with E-state index >= 15 is 0 Å². The summed E-state index contributed by atoms with van der Waals surface area (Å²) in [6.45, 7) is 8.60. The first kappa shape index (κ1) is 13.8.